The van der Waals surface area contributed by atoms with Gasteiger partial charge in [-0.1, -0.05) is 12.7 Å². The van der Waals surface area contributed by atoms with Crippen molar-refractivity contribution in [2.24, 2.45) is 17.3 Å². The lowest BCUT2D eigenvalue weighted by atomic mass is 9.66. The Morgan fingerprint density at radius 2 is 2.05 bits per heavy atom. The van der Waals surface area contributed by atoms with Gasteiger partial charge in [-0.2, -0.15) is 0 Å². The first-order chi connectivity index (χ1) is 10.3. The van der Waals surface area contributed by atoms with E-state index in [9.17, 15) is 14.7 Å². The van der Waals surface area contributed by atoms with E-state index in [1.165, 1.54) is 0 Å². The molecule has 0 aromatic rings. The molecule has 5 unspecified atom stereocenters. The maximum atomic E-state index is 12.2. The highest BCUT2D eigenvalue weighted by Crippen LogP contribution is 2.70. The Morgan fingerprint density at radius 3 is 2.68 bits per heavy atom. The van der Waals surface area contributed by atoms with Crippen LogP contribution in [0.5, 0.6) is 0 Å². The van der Waals surface area contributed by atoms with Gasteiger partial charge in [0, 0.05) is 23.0 Å². The highest BCUT2D eigenvalue weighted by Gasteiger charge is 2.73. The van der Waals surface area contributed by atoms with Gasteiger partial charge in [0.25, 0.3) is 0 Å². The van der Waals surface area contributed by atoms with Crippen molar-refractivity contribution >= 4 is 11.9 Å². The molecule has 5 atom stereocenters. The molecule has 120 valence electrons. The minimum atomic E-state index is -1.02. The molecule has 3 rings (SSSR count). The lowest BCUT2D eigenvalue weighted by molar-refractivity contribution is -0.192. The van der Waals surface area contributed by atoms with Crippen molar-refractivity contribution < 1.29 is 24.5 Å². The fourth-order valence-electron chi connectivity index (χ4n) is 5.11. The van der Waals surface area contributed by atoms with Crippen LogP contribution in [0.15, 0.2) is 24.3 Å². The number of esters is 1. The Balaban J connectivity index is 2.05. The number of carbonyl (C=O) groups excluding carboxylic acids is 1. The number of fused-ring (bicyclic) bond motifs is 5. The van der Waals surface area contributed by atoms with Crippen molar-refractivity contribution in [3.05, 3.63) is 24.3 Å². The molecule has 2 N–H and O–H groups in total. The summed E-state index contributed by atoms with van der Waals surface area (Å²) in [5, 5.41) is 19.6. The lowest BCUT2D eigenvalue weighted by Crippen LogP contribution is -2.57. The lowest BCUT2D eigenvalue weighted by Gasteiger charge is -2.47. The summed E-state index contributed by atoms with van der Waals surface area (Å²) >= 11 is 0. The third-order valence-corrected chi connectivity index (χ3v) is 5.89. The van der Waals surface area contributed by atoms with Crippen LogP contribution in [0, 0.1) is 17.3 Å². The Labute approximate surface area is 129 Å². The number of carbonyl (C=O) groups is 2. The van der Waals surface area contributed by atoms with Crippen molar-refractivity contribution in [1.82, 2.24) is 0 Å². The molecule has 0 aromatic heterocycles. The summed E-state index contributed by atoms with van der Waals surface area (Å²) in [6.45, 7) is 5.21. The molecular weight excluding hydrogens is 284 g/mol. The number of aliphatic carboxylic acids is 1. The Hall–Kier alpha value is -1.62. The molecule has 3 saturated carbocycles. The quantitative estimate of drug-likeness (QED) is 0.613. The number of carboxylic acid groups (broad SMARTS) is 1. The van der Waals surface area contributed by atoms with E-state index in [0.29, 0.717) is 17.9 Å². The Kier molecular flexibility index (Phi) is 3.44. The Morgan fingerprint density at radius 1 is 1.32 bits per heavy atom. The van der Waals surface area contributed by atoms with E-state index < -0.39 is 29.1 Å². The summed E-state index contributed by atoms with van der Waals surface area (Å²) in [6, 6.07) is 0. The second-order valence-electron chi connectivity index (χ2n) is 6.99. The van der Waals surface area contributed by atoms with Crippen LogP contribution in [0.3, 0.4) is 0 Å². The van der Waals surface area contributed by atoms with Crippen molar-refractivity contribution in [3.8, 4) is 0 Å². The number of aliphatic hydroxyl groups is 1. The van der Waals surface area contributed by atoms with E-state index in [-0.39, 0.29) is 5.92 Å². The topological polar surface area (TPSA) is 83.8 Å². The molecule has 2 bridgehead atoms. The van der Waals surface area contributed by atoms with E-state index >= 15 is 0 Å². The zero-order valence-corrected chi connectivity index (χ0v) is 12.7. The fourth-order valence-corrected chi connectivity index (χ4v) is 5.11. The van der Waals surface area contributed by atoms with Gasteiger partial charge in [-0.25, -0.2) is 9.59 Å². The average molecular weight is 306 g/mol. The first-order valence-electron chi connectivity index (χ1n) is 7.81. The average Bonchev–Trinajstić information content (AvgIpc) is 3.08. The van der Waals surface area contributed by atoms with Gasteiger partial charge in [0.1, 0.15) is 0 Å². The third-order valence-electron chi connectivity index (χ3n) is 5.89. The van der Waals surface area contributed by atoms with Gasteiger partial charge >= 0.3 is 11.9 Å². The second kappa shape index (κ2) is 4.95. The number of rotatable bonds is 4. The van der Waals surface area contributed by atoms with E-state index in [2.05, 4.69) is 6.58 Å². The van der Waals surface area contributed by atoms with Gasteiger partial charge in [-0.3, -0.25) is 0 Å². The molecule has 22 heavy (non-hydrogen) atoms. The van der Waals surface area contributed by atoms with Crippen molar-refractivity contribution in [1.29, 1.82) is 0 Å². The predicted octanol–water partition coefficient (Wildman–Crippen LogP) is 2.06. The molecular formula is C17H22O5. The normalized spacial score (nSPS) is 42.5. The van der Waals surface area contributed by atoms with Crippen LogP contribution < -0.4 is 0 Å². The van der Waals surface area contributed by atoms with E-state index in [1.54, 1.807) is 13.0 Å². The van der Waals surface area contributed by atoms with Crippen LogP contribution in [0.25, 0.3) is 0 Å². The number of hydrogen-bond acceptors (Lipinski definition) is 4. The highest BCUT2D eigenvalue weighted by atomic mass is 16.6. The predicted molar refractivity (Wildman–Crippen MR) is 78.9 cm³/mol. The molecule has 5 nitrogen and oxygen atoms in total. The smallest absolute Gasteiger partial charge is 0.333 e. The summed E-state index contributed by atoms with van der Waals surface area (Å²) in [7, 11) is 0. The number of ether oxygens (including phenoxy) is 1. The summed E-state index contributed by atoms with van der Waals surface area (Å²) < 4.78 is 5.83. The van der Waals surface area contributed by atoms with Crippen LogP contribution in [-0.4, -0.2) is 33.9 Å². The van der Waals surface area contributed by atoms with Crippen LogP contribution in [-0.2, 0) is 14.3 Å². The SMILES string of the molecule is C=C(C)C(=O)OC12C(O)CCC1C1CCC2(C=CC(=O)O)C1. The molecule has 0 heterocycles. The van der Waals surface area contributed by atoms with Gasteiger partial charge in [0.2, 0.25) is 0 Å². The standard InChI is InChI=1S/C17H22O5/c1-10(2)15(21)22-17-12(3-4-13(17)18)11-5-7-16(17,9-11)8-6-14(19)20/h6,8,11-13,18H,1,3-5,7,9H2,2H3,(H,19,20). The van der Waals surface area contributed by atoms with Crippen LogP contribution in [0.4, 0.5) is 0 Å². The number of carboxylic acids is 1. The second-order valence-corrected chi connectivity index (χ2v) is 6.99. The maximum Gasteiger partial charge on any atom is 0.333 e. The van der Waals surface area contributed by atoms with E-state index in [0.717, 1.165) is 31.8 Å². The van der Waals surface area contributed by atoms with Gasteiger partial charge in [-0.05, 0) is 44.9 Å². The summed E-state index contributed by atoms with van der Waals surface area (Å²) in [5.41, 5.74) is -1.26. The van der Waals surface area contributed by atoms with Crippen LogP contribution in [0.1, 0.15) is 39.0 Å². The zero-order chi connectivity index (χ0) is 16.1. The molecule has 5 heteroatoms. The zero-order valence-electron chi connectivity index (χ0n) is 12.7. The maximum absolute atomic E-state index is 12.2. The molecule has 3 aliphatic rings. The molecule has 0 saturated heterocycles. The highest BCUT2D eigenvalue weighted by molar-refractivity contribution is 5.87. The molecule has 3 fully saturated rings. The van der Waals surface area contributed by atoms with Gasteiger partial charge in [-0.15, -0.1) is 0 Å². The van der Waals surface area contributed by atoms with Gasteiger partial charge in [0.05, 0.1) is 6.10 Å². The molecule has 0 aromatic carbocycles. The Bertz CT molecular complexity index is 565. The molecule has 0 spiro atoms. The first kappa shape index (κ1) is 15.3. The summed E-state index contributed by atoms with van der Waals surface area (Å²) in [4.78, 5) is 23.1. The van der Waals surface area contributed by atoms with Crippen molar-refractivity contribution in [3.63, 3.8) is 0 Å². The monoisotopic (exact) mass is 306 g/mol. The number of hydrogen-bond donors (Lipinski definition) is 2. The number of aliphatic hydroxyl groups excluding tert-OH is 1. The minimum Gasteiger partial charge on any atom is -0.478 e. The molecule has 3 aliphatic carbocycles. The summed E-state index contributed by atoms with van der Waals surface area (Å²) in [5.74, 6) is -1.02. The molecule has 0 radical (unpaired) electrons. The van der Waals surface area contributed by atoms with Crippen molar-refractivity contribution in [2.45, 2.75) is 50.7 Å². The molecule has 0 aliphatic heterocycles. The largest absolute Gasteiger partial charge is 0.478 e. The van der Waals surface area contributed by atoms with Crippen LogP contribution in [0.2, 0.25) is 0 Å². The van der Waals surface area contributed by atoms with Gasteiger partial charge in [0.15, 0.2) is 5.60 Å². The minimum absolute atomic E-state index is 0.109. The fraction of sp³-hybridized carbons (Fsp3) is 0.647. The van der Waals surface area contributed by atoms with Gasteiger partial charge < -0.3 is 14.9 Å². The first-order valence-corrected chi connectivity index (χ1v) is 7.81. The van der Waals surface area contributed by atoms with E-state index in [4.69, 9.17) is 9.84 Å². The van der Waals surface area contributed by atoms with Crippen LogP contribution >= 0.6 is 0 Å². The third kappa shape index (κ3) is 1.88. The summed E-state index contributed by atoms with van der Waals surface area (Å²) in [6.07, 6.45) is 5.98. The van der Waals surface area contributed by atoms with Crippen molar-refractivity contribution in [2.75, 3.05) is 0 Å². The van der Waals surface area contributed by atoms with E-state index in [1.807, 2.05) is 0 Å². The molecule has 0 amide bonds.